The van der Waals surface area contributed by atoms with Crippen molar-refractivity contribution in [3.05, 3.63) is 41.9 Å². The van der Waals surface area contributed by atoms with Crippen molar-refractivity contribution in [2.45, 2.75) is 38.0 Å². The van der Waals surface area contributed by atoms with Crippen LogP contribution in [-0.4, -0.2) is 35.4 Å². The molecule has 31 heavy (non-hydrogen) atoms. The first-order valence-electron chi connectivity index (χ1n) is 10.1. The van der Waals surface area contributed by atoms with Crippen molar-refractivity contribution < 1.29 is 23.1 Å². The monoisotopic (exact) mass is 444 g/mol. The molecule has 0 radical (unpaired) electrons. The molecule has 0 saturated heterocycles. The summed E-state index contributed by atoms with van der Waals surface area (Å²) in [7, 11) is -3.87. The van der Waals surface area contributed by atoms with Gasteiger partial charge in [-0.1, -0.05) is 0 Å². The van der Waals surface area contributed by atoms with Crippen molar-refractivity contribution in [1.29, 1.82) is 0 Å². The summed E-state index contributed by atoms with van der Waals surface area (Å²) in [5, 5.41) is 12.3. The predicted molar refractivity (Wildman–Crippen MR) is 113 cm³/mol. The van der Waals surface area contributed by atoms with Crippen molar-refractivity contribution in [3.8, 4) is 0 Å². The van der Waals surface area contributed by atoms with Gasteiger partial charge in [0.15, 0.2) is 0 Å². The maximum atomic E-state index is 12.8. The Labute approximate surface area is 180 Å². The summed E-state index contributed by atoms with van der Waals surface area (Å²) in [6, 6.07) is 7.29. The lowest BCUT2D eigenvalue weighted by Gasteiger charge is -2.27. The van der Waals surface area contributed by atoms with E-state index in [1.165, 1.54) is 30.3 Å². The minimum Gasteiger partial charge on any atom is -0.481 e. The Morgan fingerprint density at radius 1 is 1.03 bits per heavy atom. The molecule has 2 aromatic rings. The molecule has 3 N–H and O–H groups in total. The smallest absolute Gasteiger partial charge is 0.307 e. The topological polar surface area (TPSA) is 138 Å². The van der Waals surface area contributed by atoms with E-state index < -0.39 is 27.8 Å². The van der Waals surface area contributed by atoms with Gasteiger partial charge in [-0.25, -0.2) is 18.4 Å². The number of aromatic nitrogens is 2. The number of anilines is 2. The third kappa shape index (κ3) is 4.25. The standard InChI is InChI=1S/C21H24N4O5S/c1-11-9-17(23-12(2)22-11)25-31(29,30)16-7-5-15(6-8-16)24-20(26)18-13-3-4-14(10-13)19(18)21(27)28/h5-9,13-14,18-19H,3-4,10H2,1-2H3,(H,24,26)(H,27,28)(H,22,23,25)/t13-,14-,18+,19+/m0/s1. The number of fused-ring (bicyclic) bond motifs is 2. The molecule has 9 nitrogen and oxygen atoms in total. The van der Waals surface area contributed by atoms with Crippen LogP contribution in [0.4, 0.5) is 11.5 Å². The number of carboxylic acids is 1. The maximum Gasteiger partial charge on any atom is 0.307 e. The number of benzene rings is 1. The van der Waals surface area contributed by atoms with Gasteiger partial charge in [0.1, 0.15) is 11.6 Å². The Morgan fingerprint density at radius 2 is 1.68 bits per heavy atom. The number of sulfonamides is 1. The van der Waals surface area contributed by atoms with Crippen molar-refractivity contribution in [3.63, 3.8) is 0 Å². The molecule has 1 aromatic carbocycles. The molecule has 2 saturated carbocycles. The number of carbonyl (C=O) groups excluding carboxylic acids is 1. The molecule has 1 heterocycles. The highest BCUT2D eigenvalue weighted by Crippen LogP contribution is 2.52. The normalized spacial score (nSPS) is 24.7. The van der Waals surface area contributed by atoms with Gasteiger partial charge in [0, 0.05) is 17.4 Å². The van der Waals surface area contributed by atoms with Crippen LogP contribution in [0.3, 0.4) is 0 Å². The van der Waals surface area contributed by atoms with Gasteiger partial charge < -0.3 is 10.4 Å². The number of nitrogens with zero attached hydrogens (tertiary/aromatic N) is 2. The van der Waals surface area contributed by atoms with Crippen molar-refractivity contribution >= 4 is 33.4 Å². The molecule has 0 spiro atoms. The van der Waals surface area contributed by atoms with E-state index in [1.807, 2.05) is 0 Å². The zero-order chi connectivity index (χ0) is 22.3. The van der Waals surface area contributed by atoms with E-state index >= 15 is 0 Å². The van der Waals surface area contributed by atoms with Crippen LogP contribution >= 0.6 is 0 Å². The molecule has 2 bridgehead atoms. The van der Waals surface area contributed by atoms with Crippen molar-refractivity contribution in [2.75, 3.05) is 10.0 Å². The van der Waals surface area contributed by atoms with E-state index in [9.17, 15) is 23.1 Å². The van der Waals surface area contributed by atoms with E-state index in [1.54, 1.807) is 13.8 Å². The summed E-state index contributed by atoms with van der Waals surface area (Å²) in [6.07, 6.45) is 2.51. The first kappa shape index (κ1) is 21.2. The molecular weight excluding hydrogens is 420 g/mol. The Kier molecular flexibility index (Phi) is 5.42. The predicted octanol–water partition coefficient (Wildman–Crippen LogP) is 2.58. The molecule has 2 aliphatic rings. The summed E-state index contributed by atoms with van der Waals surface area (Å²) < 4.78 is 27.7. The summed E-state index contributed by atoms with van der Waals surface area (Å²) >= 11 is 0. The highest BCUT2D eigenvalue weighted by Gasteiger charge is 2.53. The van der Waals surface area contributed by atoms with E-state index in [0.717, 1.165) is 19.3 Å². The fourth-order valence-electron chi connectivity index (χ4n) is 4.93. The average Bonchev–Trinajstić information content (AvgIpc) is 3.28. The Morgan fingerprint density at radius 3 is 2.29 bits per heavy atom. The van der Waals surface area contributed by atoms with Gasteiger partial charge in [-0.3, -0.25) is 14.3 Å². The fraction of sp³-hybridized carbons (Fsp3) is 0.429. The van der Waals surface area contributed by atoms with E-state index in [-0.39, 0.29) is 28.5 Å². The summed E-state index contributed by atoms with van der Waals surface area (Å²) in [6.45, 7) is 3.42. The van der Waals surface area contributed by atoms with Crippen LogP contribution in [-0.2, 0) is 19.6 Å². The zero-order valence-electron chi connectivity index (χ0n) is 17.2. The van der Waals surface area contributed by atoms with Gasteiger partial charge in [-0.05, 0) is 69.2 Å². The molecule has 2 aliphatic carbocycles. The number of carboxylic acid groups (broad SMARTS) is 1. The van der Waals surface area contributed by atoms with Crippen LogP contribution < -0.4 is 10.0 Å². The Balaban J connectivity index is 1.46. The van der Waals surface area contributed by atoms with Crippen LogP contribution in [0.15, 0.2) is 35.2 Å². The van der Waals surface area contributed by atoms with Gasteiger partial charge in [-0.15, -0.1) is 0 Å². The number of hydrogen-bond donors (Lipinski definition) is 3. The molecule has 2 fully saturated rings. The third-order valence-corrected chi connectivity index (χ3v) is 7.51. The molecule has 1 amide bonds. The number of aryl methyl sites for hydroxylation is 2. The molecule has 4 atom stereocenters. The van der Waals surface area contributed by atoms with E-state index in [4.69, 9.17) is 0 Å². The SMILES string of the molecule is Cc1cc(NS(=O)(=O)c2ccc(NC(=O)[C@@H]3[C@H]4CC[C@@H](C4)[C@H]3C(=O)O)cc2)nc(C)n1. The second-order valence-electron chi connectivity index (χ2n) is 8.28. The lowest BCUT2D eigenvalue weighted by atomic mass is 9.78. The Bertz CT molecular complexity index is 1110. The molecule has 1 aromatic heterocycles. The molecule has 0 aliphatic heterocycles. The molecule has 4 rings (SSSR count). The molecule has 10 heteroatoms. The molecule has 164 valence electrons. The first-order chi connectivity index (χ1) is 14.6. The highest BCUT2D eigenvalue weighted by molar-refractivity contribution is 7.92. The summed E-state index contributed by atoms with van der Waals surface area (Å²) in [5.41, 5.74) is 1.06. The number of carbonyl (C=O) groups is 2. The minimum atomic E-state index is -3.87. The second-order valence-corrected chi connectivity index (χ2v) is 9.97. The number of amides is 1. The van der Waals surface area contributed by atoms with Gasteiger partial charge in [0.05, 0.1) is 16.7 Å². The van der Waals surface area contributed by atoms with Gasteiger partial charge >= 0.3 is 5.97 Å². The maximum absolute atomic E-state index is 12.8. The van der Waals surface area contributed by atoms with Gasteiger partial charge in [0.2, 0.25) is 5.91 Å². The minimum absolute atomic E-state index is 0.0164. The van der Waals surface area contributed by atoms with E-state index in [0.29, 0.717) is 17.2 Å². The molecule has 0 unspecified atom stereocenters. The molecular formula is C21H24N4O5S. The first-order valence-corrected chi connectivity index (χ1v) is 11.6. The summed E-state index contributed by atoms with van der Waals surface area (Å²) in [5.74, 6) is -1.65. The Hall–Kier alpha value is -3.01. The average molecular weight is 445 g/mol. The van der Waals surface area contributed by atoms with Crippen molar-refractivity contribution in [2.24, 2.45) is 23.7 Å². The summed E-state index contributed by atoms with van der Waals surface area (Å²) in [4.78, 5) is 32.6. The number of aliphatic carboxylic acids is 1. The van der Waals surface area contributed by atoms with Crippen LogP contribution in [0.25, 0.3) is 0 Å². The quantitative estimate of drug-likeness (QED) is 0.622. The van der Waals surface area contributed by atoms with Crippen LogP contribution in [0.1, 0.15) is 30.8 Å². The number of nitrogens with one attached hydrogen (secondary N) is 2. The second kappa shape index (κ2) is 7.92. The lowest BCUT2D eigenvalue weighted by molar-refractivity contribution is -0.148. The van der Waals surface area contributed by atoms with Crippen molar-refractivity contribution in [1.82, 2.24) is 9.97 Å². The van der Waals surface area contributed by atoms with Crippen LogP contribution in [0, 0.1) is 37.5 Å². The fourth-order valence-corrected chi connectivity index (χ4v) is 5.92. The van der Waals surface area contributed by atoms with Crippen LogP contribution in [0.2, 0.25) is 0 Å². The third-order valence-electron chi connectivity index (χ3n) is 6.14. The van der Waals surface area contributed by atoms with Gasteiger partial charge in [-0.2, -0.15) is 0 Å². The van der Waals surface area contributed by atoms with Gasteiger partial charge in [0.25, 0.3) is 10.0 Å². The lowest BCUT2D eigenvalue weighted by Crippen LogP contribution is -2.37. The van der Waals surface area contributed by atoms with Crippen LogP contribution in [0.5, 0.6) is 0 Å². The number of rotatable bonds is 6. The van der Waals surface area contributed by atoms with E-state index in [2.05, 4.69) is 20.0 Å². The number of hydrogen-bond acceptors (Lipinski definition) is 6. The zero-order valence-corrected chi connectivity index (χ0v) is 18.0. The highest BCUT2D eigenvalue weighted by atomic mass is 32.2. The largest absolute Gasteiger partial charge is 0.481 e.